The Balaban J connectivity index is 1.95. The van der Waals surface area contributed by atoms with E-state index in [0.717, 1.165) is 0 Å². The molecular weight excluding hydrogens is 489 g/mol. The Morgan fingerprint density at radius 1 is 1.00 bits per heavy atom. The van der Waals surface area contributed by atoms with E-state index in [4.69, 9.17) is 74.0 Å². The van der Waals surface area contributed by atoms with E-state index in [1.807, 2.05) is 0 Å². The van der Waals surface area contributed by atoms with Gasteiger partial charge in [0.25, 0.3) is 0 Å². The number of carboxylic acids is 1. The lowest BCUT2D eigenvalue weighted by Crippen LogP contribution is -2.53. The maximum absolute atomic E-state index is 12.7. The van der Waals surface area contributed by atoms with Gasteiger partial charge in [-0.2, -0.15) is 0 Å². The molecule has 146 valence electrons. The van der Waals surface area contributed by atoms with E-state index in [2.05, 4.69) is 10.9 Å². The van der Waals surface area contributed by atoms with Gasteiger partial charge in [-0.25, -0.2) is 0 Å². The number of halogens is 6. The predicted octanol–water partition coefficient (Wildman–Crippen LogP) is 3.20. The highest BCUT2D eigenvalue weighted by molar-refractivity contribution is 6.66. The number of rotatable bonds is 3. The van der Waals surface area contributed by atoms with Crippen LogP contribution in [-0.2, 0) is 9.59 Å². The molecule has 2 aliphatic rings. The van der Waals surface area contributed by atoms with Gasteiger partial charge in [0.15, 0.2) is 10.1 Å². The lowest BCUT2D eigenvalue weighted by molar-refractivity contribution is -0.147. The van der Waals surface area contributed by atoms with Crippen molar-refractivity contribution in [2.24, 2.45) is 11.8 Å². The van der Waals surface area contributed by atoms with Crippen LogP contribution in [-0.4, -0.2) is 37.0 Å². The lowest BCUT2D eigenvalue weighted by atomic mass is 9.81. The van der Waals surface area contributed by atoms with Gasteiger partial charge in [-0.15, -0.1) is 23.2 Å². The van der Waals surface area contributed by atoms with Crippen LogP contribution in [0, 0.1) is 11.8 Å². The minimum Gasteiger partial charge on any atom is -0.481 e. The zero-order chi connectivity index (χ0) is 20.4. The van der Waals surface area contributed by atoms with Crippen LogP contribution in [0.5, 0.6) is 0 Å². The Hall–Kier alpha value is -0.830. The molecule has 2 bridgehead atoms. The van der Waals surface area contributed by atoms with Gasteiger partial charge in [0.2, 0.25) is 5.91 Å². The number of hydrogen-bond donors (Lipinski definition) is 3. The first-order valence-electron chi connectivity index (χ1n) is 7.10. The smallest absolute Gasteiger partial charge is 0.309 e. The SMILES string of the molecule is O=C(NNC(=O)[C@@H]1[C@H](C(=O)O)[C@]2(Cl)C(Cl)=C(Cl)[C@]1(Cl)C2(Cl)Cl)c1ccco1. The molecule has 27 heavy (non-hydrogen) atoms. The molecule has 0 radical (unpaired) electrons. The standard InChI is InChI=1S/C14H8Cl6N2O5/c15-7-8(16)13(18)6(11(25)26)5(12(7,17)14(13,19)20)10(24)22-21-9(23)4-2-1-3-27-4/h1-3,5-6H,(H,21,23)(H,22,24)(H,25,26)/t5-,6+,12-,13-/m0/s1. The largest absolute Gasteiger partial charge is 0.481 e. The molecule has 7 nitrogen and oxygen atoms in total. The zero-order valence-electron chi connectivity index (χ0n) is 12.7. The number of carboxylic acid groups (broad SMARTS) is 1. The minimum atomic E-state index is -2.23. The summed E-state index contributed by atoms with van der Waals surface area (Å²) in [7, 11) is 0. The van der Waals surface area contributed by atoms with Crippen molar-refractivity contribution in [1.29, 1.82) is 0 Å². The average molecular weight is 497 g/mol. The number of carbonyl (C=O) groups is 3. The highest BCUT2D eigenvalue weighted by Crippen LogP contribution is 2.76. The fraction of sp³-hybridized carbons (Fsp3) is 0.357. The number of hydrazine groups is 1. The summed E-state index contributed by atoms with van der Waals surface area (Å²) in [6.07, 6.45) is 1.25. The maximum atomic E-state index is 12.7. The normalized spacial score (nSPS) is 33.9. The fourth-order valence-electron chi connectivity index (χ4n) is 3.29. The average Bonchev–Trinajstić information content (AvgIpc) is 3.20. The van der Waals surface area contributed by atoms with Crippen LogP contribution in [0.15, 0.2) is 32.9 Å². The summed E-state index contributed by atoms with van der Waals surface area (Å²) in [5, 5.41) is 8.93. The molecule has 0 aliphatic heterocycles. The van der Waals surface area contributed by atoms with Gasteiger partial charge in [0, 0.05) is 0 Å². The molecule has 1 aromatic heterocycles. The molecule has 1 heterocycles. The number of nitrogens with one attached hydrogen (secondary N) is 2. The molecule has 3 N–H and O–H groups in total. The first-order valence-corrected chi connectivity index (χ1v) is 9.37. The van der Waals surface area contributed by atoms with Crippen LogP contribution in [0.25, 0.3) is 0 Å². The molecule has 1 aromatic rings. The zero-order valence-corrected chi connectivity index (χ0v) is 17.3. The summed E-state index contributed by atoms with van der Waals surface area (Å²) in [5.74, 6) is -6.85. The van der Waals surface area contributed by atoms with Crippen molar-refractivity contribution in [1.82, 2.24) is 10.9 Å². The second kappa shape index (κ2) is 6.61. The van der Waals surface area contributed by atoms with E-state index in [9.17, 15) is 19.5 Å². The molecule has 3 rings (SSSR count). The summed E-state index contributed by atoms with van der Waals surface area (Å²) in [5.41, 5.74) is 4.11. The number of allylic oxidation sites excluding steroid dienone is 2. The minimum absolute atomic E-state index is 0.0996. The Morgan fingerprint density at radius 2 is 1.56 bits per heavy atom. The highest BCUT2D eigenvalue weighted by Gasteiger charge is 2.85. The number of aliphatic carboxylic acids is 1. The third-order valence-corrected chi connectivity index (χ3v) is 8.79. The third kappa shape index (κ3) is 2.52. The van der Waals surface area contributed by atoms with Gasteiger partial charge < -0.3 is 9.52 Å². The molecule has 13 heteroatoms. The Labute approximate surface area is 181 Å². The number of carbonyl (C=O) groups excluding carboxylic acids is 2. The van der Waals surface area contributed by atoms with Crippen molar-refractivity contribution in [3.63, 3.8) is 0 Å². The van der Waals surface area contributed by atoms with Crippen LogP contribution in [0.3, 0.4) is 0 Å². The summed E-state index contributed by atoms with van der Waals surface area (Å²) in [6.45, 7) is 0. The van der Waals surface area contributed by atoms with Crippen LogP contribution >= 0.6 is 69.6 Å². The second-order valence-electron chi connectivity index (χ2n) is 5.84. The van der Waals surface area contributed by atoms with E-state index in [0.29, 0.717) is 0 Å². The third-order valence-electron chi connectivity index (χ3n) is 4.53. The molecule has 0 saturated heterocycles. The molecule has 1 fully saturated rings. The molecule has 0 spiro atoms. The van der Waals surface area contributed by atoms with E-state index in [-0.39, 0.29) is 15.8 Å². The van der Waals surface area contributed by atoms with Gasteiger partial charge in [-0.1, -0.05) is 46.4 Å². The molecule has 0 unspecified atom stereocenters. The predicted molar refractivity (Wildman–Crippen MR) is 99.3 cm³/mol. The topological polar surface area (TPSA) is 109 Å². The van der Waals surface area contributed by atoms with Crippen molar-refractivity contribution < 1.29 is 23.9 Å². The number of alkyl halides is 4. The van der Waals surface area contributed by atoms with Crippen LogP contribution in [0.2, 0.25) is 0 Å². The maximum Gasteiger partial charge on any atom is 0.309 e. The van der Waals surface area contributed by atoms with Crippen molar-refractivity contribution in [2.45, 2.75) is 14.1 Å². The Bertz CT molecular complexity index is 871. The molecule has 0 aromatic carbocycles. The number of fused-ring (bicyclic) bond motifs is 2. The van der Waals surface area contributed by atoms with E-state index < -0.39 is 43.7 Å². The summed E-state index contributed by atoms with van der Waals surface area (Å²) < 4.78 is 2.64. The van der Waals surface area contributed by atoms with Gasteiger partial charge >= 0.3 is 11.9 Å². The van der Waals surface area contributed by atoms with Crippen molar-refractivity contribution >= 4 is 87.4 Å². The van der Waals surface area contributed by atoms with Crippen molar-refractivity contribution in [3.05, 3.63) is 34.2 Å². The number of furan rings is 1. The number of amides is 2. The van der Waals surface area contributed by atoms with Gasteiger partial charge in [0.05, 0.1) is 28.2 Å². The second-order valence-corrected chi connectivity index (χ2v) is 9.12. The van der Waals surface area contributed by atoms with Crippen molar-refractivity contribution in [2.75, 3.05) is 0 Å². The van der Waals surface area contributed by atoms with E-state index >= 15 is 0 Å². The lowest BCUT2D eigenvalue weighted by Gasteiger charge is -2.33. The number of hydrogen-bond acceptors (Lipinski definition) is 4. The fourth-order valence-corrected chi connectivity index (χ4v) is 6.23. The molecule has 1 saturated carbocycles. The van der Waals surface area contributed by atoms with Gasteiger partial charge in [-0.3, -0.25) is 25.2 Å². The highest BCUT2D eigenvalue weighted by atomic mass is 35.5. The van der Waals surface area contributed by atoms with Crippen LogP contribution in [0.1, 0.15) is 10.6 Å². The molecular formula is C14H8Cl6N2O5. The monoisotopic (exact) mass is 494 g/mol. The van der Waals surface area contributed by atoms with Gasteiger partial charge in [-0.05, 0) is 12.1 Å². The molecule has 4 atom stereocenters. The van der Waals surface area contributed by atoms with Crippen LogP contribution < -0.4 is 10.9 Å². The first kappa shape index (κ1) is 20.9. The van der Waals surface area contributed by atoms with E-state index in [1.165, 1.54) is 18.4 Å². The van der Waals surface area contributed by atoms with Gasteiger partial charge in [0.1, 0.15) is 9.75 Å². The Morgan fingerprint density at radius 3 is 2.04 bits per heavy atom. The Kier molecular flexibility index (Phi) is 5.11. The molecule has 2 amide bonds. The van der Waals surface area contributed by atoms with Crippen LogP contribution in [0.4, 0.5) is 0 Å². The van der Waals surface area contributed by atoms with Crippen molar-refractivity contribution in [3.8, 4) is 0 Å². The summed E-state index contributed by atoms with van der Waals surface area (Å²) in [6, 6.07) is 2.80. The molecule has 2 aliphatic carbocycles. The summed E-state index contributed by atoms with van der Waals surface area (Å²) in [4.78, 5) is 32.1. The van der Waals surface area contributed by atoms with E-state index in [1.54, 1.807) is 0 Å². The summed E-state index contributed by atoms with van der Waals surface area (Å²) >= 11 is 37.6. The first-order chi connectivity index (χ1) is 12.4. The quantitative estimate of drug-likeness (QED) is 0.440.